The third kappa shape index (κ3) is 3.35. The molecule has 2 heterocycles. The minimum absolute atomic E-state index is 0.109. The lowest BCUT2D eigenvalue weighted by atomic mass is 10.2. The maximum atomic E-state index is 11.9. The van der Waals surface area contributed by atoms with E-state index in [2.05, 4.69) is 10.3 Å². The number of aryl methyl sites for hydroxylation is 2. The van der Waals surface area contributed by atoms with Crippen LogP contribution in [0.1, 0.15) is 34.7 Å². The zero-order valence-electron chi connectivity index (χ0n) is 11.1. The number of thiophene rings is 1. The first-order chi connectivity index (χ1) is 9.81. The van der Waals surface area contributed by atoms with E-state index in [0.29, 0.717) is 0 Å². The van der Waals surface area contributed by atoms with E-state index >= 15 is 0 Å². The molecule has 0 radical (unpaired) electrons. The van der Waals surface area contributed by atoms with Gasteiger partial charge in [-0.05, 0) is 43.2 Å². The van der Waals surface area contributed by atoms with E-state index < -0.39 is 0 Å². The first kappa shape index (κ1) is 13.5. The Kier molecular flexibility index (Phi) is 4.28. The quantitative estimate of drug-likeness (QED) is 0.684. The van der Waals surface area contributed by atoms with Crippen LogP contribution in [0.5, 0.6) is 0 Å². The van der Waals surface area contributed by atoms with Crippen molar-refractivity contribution in [1.29, 1.82) is 0 Å². The molecule has 0 spiro atoms. The minimum atomic E-state index is -0.109. The van der Waals surface area contributed by atoms with Gasteiger partial charge in [-0.2, -0.15) is 0 Å². The Morgan fingerprint density at radius 2 is 2.20 bits per heavy atom. The molecule has 0 saturated carbocycles. The number of nitrogens with one attached hydrogen (secondary N) is 1. The molecule has 1 aliphatic rings. The highest BCUT2D eigenvalue weighted by molar-refractivity contribution is 7.15. The summed E-state index contributed by atoms with van der Waals surface area (Å²) in [5.41, 5.74) is 1.19. The Labute approximate surface area is 126 Å². The Hall–Kier alpha value is -1.46. The number of amides is 1. The molecule has 3 nitrogen and oxygen atoms in total. The number of nitrogens with zero attached hydrogens (tertiary/aromatic N) is 1. The van der Waals surface area contributed by atoms with Gasteiger partial charge in [0.1, 0.15) is 0 Å². The summed E-state index contributed by atoms with van der Waals surface area (Å²) in [5.74, 6) is -0.109. The van der Waals surface area contributed by atoms with Crippen molar-refractivity contribution >= 4 is 39.8 Å². The first-order valence-electron chi connectivity index (χ1n) is 6.82. The van der Waals surface area contributed by atoms with Crippen molar-refractivity contribution in [3.05, 3.63) is 39.0 Å². The molecule has 3 rings (SSSR count). The maximum absolute atomic E-state index is 11.9. The largest absolute Gasteiger partial charge is 0.298 e. The van der Waals surface area contributed by atoms with Crippen LogP contribution in [-0.4, -0.2) is 10.9 Å². The van der Waals surface area contributed by atoms with E-state index in [9.17, 15) is 4.79 Å². The van der Waals surface area contributed by atoms with Crippen LogP contribution in [0.2, 0.25) is 0 Å². The molecule has 104 valence electrons. The highest BCUT2D eigenvalue weighted by Gasteiger charge is 2.14. The average molecular weight is 304 g/mol. The number of aromatic nitrogens is 1. The van der Waals surface area contributed by atoms with Gasteiger partial charge in [0.15, 0.2) is 5.13 Å². The van der Waals surface area contributed by atoms with E-state index in [4.69, 9.17) is 0 Å². The van der Waals surface area contributed by atoms with Gasteiger partial charge in [0.25, 0.3) is 0 Å². The van der Waals surface area contributed by atoms with Gasteiger partial charge in [-0.1, -0.05) is 12.5 Å². The van der Waals surface area contributed by atoms with Crippen LogP contribution in [0.3, 0.4) is 0 Å². The lowest BCUT2D eigenvalue weighted by molar-refractivity contribution is -0.111. The molecule has 5 heteroatoms. The summed E-state index contributed by atoms with van der Waals surface area (Å²) in [6, 6.07) is 3.96. The summed E-state index contributed by atoms with van der Waals surface area (Å²) in [6.07, 6.45) is 9.29. The molecule has 0 aliphatic heterocycles. The third-order valence-corrected chi connectivity index (χ3v) is 5.18. The number of rotatable bonds is 3. The summed E-state index contributed by atoms with van der Waals surface area (Å²) in [7, 11) is 0. The molecule has 0 bridgehead atoms. The van der Waals surface area contributed by atoms with E-state index in [1.165, 1.54) is 29.8 Å². The van der Waals surface area contributed by atoms with Crippen LogP contribution in [0.15, 0.2) is 23.6 Å². The van der Waals surface area contributed by atoms with E-state index in [-0.39, 0.29) is 5.91 Å². The molecular formula is C15H16N2OS2. The monoisotopic (exact) mass is 304 g/mol. The van der Waals surface area contributed by atoms with Gasteiger partial charge in [-0.3, -0.25) is 10.1 Å². The van der Waals surface area contributed by atoms with E-state index in [0.717, 1.165) is 22.9 Å². The second-order valence-corrected chi connectivity index (χ2v) is 6.85. The van der Waals surface area contributed by atoms with Gasteiger partial charge in [0, 0.05) is 15.8 Å². The summed E-state index contributed by atoms with van der Waals surface area (Å²) in [6.45, 7) is 0. The van der Waals surface area contributed by atoms with Gasteiger partial charge in [-0.25, -0.2) is 4.98 Å². The van der Waals surface area contributed by atoms with Crippen molar-refractivity contribution in [1.82, 2.24) is 4.98 Å². The van der Waals surface area contributed by atoms with Crippen LogP contribution in [0.25, 0.3) is 6.08 Å². The fourth-order valence-corrected chi connectivity index (χ4v) is 3.94. The zero-order valence-corrected chi connectivity index (χ0v) is 12.7. The summed E-state index contributed by atoms with van der Waals surface area (Å²) < 4.78 is 0. The maximum Gasteiger partial charge on any atom is 0.250 e. The van der Waals surface area contributed by atoms with Crippen LogP contribution in [-0.2, 0) is 17.6 Å². The number of hydrogen-bond donors (Lipinski definition) is 1. The highest BCUT2D eigenvalue weighted by atomic mass is 32.1. The van der Waals surface area contributed by atoms with Gasteiger partial charge in [-0.15, -0.1) is 22.7 Å². The zero-order chi connectivity index (χ0) is 13.8. The molecule has 0 aromatic carbocycles. The van der Waals surface area contributed by atoms with Crippen molar-refractivity contribution in [2.24, 2.45) is 0 Å². The molecule has 0 unspecified atom stereocenters. The number of hydrogen-bond acceptors (Lipinski definition) is 4. The molecule has 0 atom stereocenters. The van der Waals surface area contributed by atoms with Gasteiger partial charge < -0.3 is 0 Å². The fourth-order valence-electron chi connectivity index (χ4n) is 2.27. The topological polar surface area (TPSA) is 42.0 Å². The summed E-state index contributed by atoms with van der Waals surface area (Å²) in [4.78, 5) is 18.8. The second-order valence-electron chi connectivity index (χ2n) is 4.79. The van der Waals surface area contributed by atoms with Gasteiger partial charge in [0.05, 0.1) is 5.69 Å². The predicted molar refractivity (Wildman–Crippen MR) is 85.4 cm³/mol. The van der Waals surface area contributed by atoms with Crippen LogP contribution >= 0.6 is 22.7 Å². The Morgan fingerprint density at radius 1 is 1.30 bits per heavy atom. The molecule has 1 amide bonds. The fraction of sp³-hybridized carbons (Fsp3) is 0.333. The molecule has 2 aromatic rings. The third-order valence-electron chi connectivity index (χ3n) is 3.27. The van der Waals surface area contributed by atoms with Crippen molar-refractivity contribution in [2.45, 2.75) is 32.1 Å². The van der Waals surface area contributed by atoms with Crippen LogP contribution in [0.4, 0.5) is 5.13 Å². The van der Waals surface area contributed by atoms with Gasteiger partial charge in [0.2, 0.25) is 5.91 Å². The van der Waals surface area contributed by atoms with E-state index in [1.54, 1.807) is 28.7 Å². The second kappa shape index (κ2) is 6.33. The molecule has 0 saturated heterocycles. The standard InChI is InChI=1S/C15H16N2OS2/c18-14(9-8-11-5-4-10-19-11)17-15-16-12-6-2-1-3-7-13(12)20-15/h4-5,8-10H,1-3,6-7H2,(H,16,17,18)/b9-8+. The smallest absolute Gasteiger partial charge is 0.250 e. The Balaban J connectivity index is 1.64. The van der Waals surface area contributed by atoms with Crippen molar-refractivity contribution in [3.63, 3.8) is 0 Å². The first-order valence-corrected chi connectivity index (χ1v) is 8.52. The van der Waals surface area contributed by atoms with Crippen molar-refractivity contribution < 1.29 is 4.79 Å². The SMILES string of the molecule is O=C(/C=C/c1cccs1)Nc1nc2c(s1)CCCCC2. The average Bonchev–Trinajstić information content (AvgIpc) is 3.03. The minimum Gasteiger partial charge on any atom is -0.298 e. The Bertz CT molecular complexity index is 590. The summed E-state index contributed by atoms with van der Waals surface area (Å²) >= 11 is 3.24. The Morgan fingerprint density at radius 3 is 3.05 bits per heavy atom. The number of fused-ring (bicyclic) bond motifs is 1. The van der Waals surface area contributed by atoms with Crippen LogP contribution < -0.4 is 5.32 Å². The molecule has 20 heavy (non-hydrogen) atoms. The highest BCUT2D eigenvalue weighted by Crippen LogP contribution is 2.28. The molecular weight excluding hydrogens is 288 g/mol. The lowest BCUT2D eigenvalue weighted by Crippen LogP contribution is -2.07. The van der Waals surface area contributed by atoms with Gasteiger partial charge >= 0.3 is 0 Å². The lowest BCUT2D eigenvalue weighted by Gasteiger charge is -1.96. The van der Waals surface area contributed by atoms with Crippen LogP contribution in [0, 0.1) is 0 Å². The summed E-state index contributed by atoms with van der Waals surface area (Å²) in [5, 5.41) is 5.60. The van der Waals surface area contributed by atoms with E-state index in [1.807, 2.05) is 23.6 Å². The van der Waals surface area contributed by atoms with Crippen molar-refractivity contribution in [3.8, 4) is 0 Å². The number of carbonyl (C=O) groups excluding carboxylic acids is 1. The molecule has 1 N–H and O–H groups in total. The predicted octanol–water partition coefficient (Wildman–Crippen LogP) is 4.13. The normalized spacial score (nSPS) is 15.0. The number of carbonyl (C=O) groups is 1. The molecule has 2 aromatic heterocycles. The molecule has 1 aliphatic carbocycles. The number of thiazole rings is 1. The number of anilines is 1. The molecule has 0 fully saturated rings. The van der Waals surface area contributed by atoms with Crippen molar-refractivity contribution in [2.75, 3.05) is 5.32 Å².